The first kappa shape index (κ1) is 13.3. The number of alkyl halides is 3. The third-order valence-electron chi connectivity index (χ3n) is 2.73. The number of carbonyl (C=O) groups excluding carboxylic acids is 1. The smallest absolute Gasteiger partial charge is 0.289 e. The first-order chi connectivity index (χ1) is 8.91. The van der Waals surface area contributed by atoms with Gasteiger partial charge >= 0.3 is 6.18 Å². The highest BCUT2D eigenvalue weighted by atomic mass is 19.4. The van der Waals surface area contributed by atoms with Crippen LogP contribution in [-0.2, 0) is 6.18 Å². The zero-order valence-electron chi connectivity index (χ0n) is 10.0. The average Bonchev–Trinajstić information content (AvgIpc) is 2.37. The molecule has 2 aromatic rings. The summed E-state index contributed by atoms with van der Waals surface area (Å²) in [4.78, 5) is 15.9. The van der Waals surface area contributed by atoms with E-state index in [-0.39, 0.29) is 11.1 Å². The number of carbonyl (C=O) groups is 1. The Hall–Kier alpha value is -2.17. The monoisotopic (exact) mass is 265 g/mol. The second kappa shape index (κ2) is 4.84. The Bertz CT molecular complexity index is 606. The number of ketones is 1. The van der Waals surface area contributed by atoms with Crippen molar-refractivity contribution in [1.82, 2.24) is 4.98 Å². The van der Waals surface area contributed by atoms with Gasteiger partial charge in [-0.15, -0.1) is 0 Å². The van der Waals surface area contributed by atoms with Gasteiger partial charge in [0.25, 0.3) is 0 Å². The van der Waals surface area contributed by atoms with Crippen LogP contribution in [0.15, 0.2) is 42.7 Å². The van der Waals surface area contributed by atoms with Crippen molar-refractivity contribution in [3.63, 3.8) is 0 Å². The molecule has 1 aromatic carbocycles. The molecule has 0 saturated carbocycles. The lowest BCUT2D eigenvalue weighted by Gasteiger charge is -2.14. The minimum Gasteiger partial charge on any atom is -0.289 e. The second-order valence-electron chi connectivity index (χ2n) is 4.07. The molecular formula is C14H10F3NO. The van der Waals surface area contributed by atoms with Gasteiger partial charge in [0.05, 0.1) is 5.56 Å². The summed E-state index contributed by atoms with van der Waals surface area (Å²) < 4.78 is 38.8. The summed E-state index contributed by atoms with van der Waals surface area (Å²) in [5.41, 5.74) is -0.796. The Balaban J connectivity index is 2.60. The third kappa shape index (κ3) is 2.65. The van der Waals surface area contributed by atoms with Gasteiger partial charge in [-0.3, -0.25) is 9.78 Å². The maximum Gasteiger partial charge on any atom is 0.417 e. The number of halogens is 3. The zero-order chi connectivity index (χ0) is 14.0. The van der Waals surface area contributed by atoms with Crippen LogP contribution in [0, 0.1) is 6.92 Å². The molecule has 0 aliphatic carbocycles. The molecule has 0 atom stereocenters. The lowest BCUT2D eigenvalue weighted by molar-refractivity contribution is -0.137. The van der Waals surface area contributed by atoms with Crippen molar-refractivity contribution in [2.75, 3.05) is 0 Å². The van der Waals surface area contributed by atoms with E-state index in [2.05, 4.69) is 4.98 Å². The number of hydrogen-bond donors (Lipinski definition) is 0. The fourth-order valence-electron chi connectivity index (χ4n) is 1.85. The average molecular weight is 265 g/mol. The molecular weight excluding hydrogens is 255 g/mol. The summed E-state index contributed by atoms with van der Waals surface area (Å²) in [6.07, 6.45) is -1.84. The molecule has 0 unspecified atom stereocenters. The van der Waals surface area contributed by atoms with Crippen LogP contribution in [0.25, 0.3) is 0 Å². The molecule has 0 saturated heterocycles. The molecule has 19 heavy (non-hydrogen) atoms. The molecule has 1 heterocycles. The summed E-state index contributed by atoms with van der Waals surface area (Å²) in [6.45, 7) is 1.48. The molecule has 0 aliphatic heterocycles. The minimum absolute atomic E-state index is 0.141. The van der Waals surface area contributed by atoms with Crippen LogP contribution in [0.5, 0.6) is 0 Å². The summed E-state index contributed by atoms with van der Waals surface area (Å²) in [7, 11) is 0. The van der Waals surface area contributed by atoms with Gasteiger partial charge in [-0.25, -0.2) is 0 Å². The molecule has 0 bridgehead atoms. The second-order valence-corrected chi connectivity index (χ2v) is 4.07. The van der Waals surface area contributed by atoms with Crippen molar-refractivity contribution in [2.24, 2.45) is 0 Å². The van der Waals surface area contributed by atoms with Crippen LogP contribution in [0.1, 0.15) is 27.0 Å². The fraction of sp³-hybridized carbons (Fsp3) is 0.143. The van der Waals surface area contributed by atoms with Gasteiger partial charge in [-0.05, 0) is 30.7 Å². The lowest BCUT2D eigenvalue weighted by Crippen LogP contribution is -2.15. The largest absolute Gasteiger partial charge is 0.417 e. The van der Waals surface area contributed by atoms with E-state index in [9.17, 15) is 18.0 Å². The molecule has 0 aliphatic rings. The molecule has 2 nitrogen and oxygen atoms in total. The number of nitrogens with zero attached hydrogens (tertiary/aromatic N) is 1. The van der Waals surface area contributed by atoms with Gasteiger partial charge in [0.1, 0.15) is 0 Å². The van der Waals surface area contributed by atoms with Crippen LogP contribution in [0.4, 0.5) is 13.2 Å². The topological polar surface area (TPSA) is 30.0 Å². The first-order valence-corrected chi connectivity index (χ1v) is 5.53. The van der Waals surface area contributed by atoms with Crippen LogP contribution in [0.2, 0.25) is 0 Å². The van der Waals surface area contributed by atoms with Crippen molar-refractivity contribution >= 4 is 5.78 Å². The molecule has 0 fully saturated rings. The van der Waals surface area contributed by atoms with Crippen LogP contribution < -0.4 is 0 Å². The summed E-state index contributed by atoms with van der Waals surface area (Å²) in [6, 6.07) is 6.65. The van der Waals surface area contributed by atoms with Gasteiger partial charge in [0, 0.05) is 23.5 Å². The molecule has 0 radical (unpaired) electrons. The molecule has 5 heteroatoms. The number of rotatable bonds is 2. The summed E-state index contributed by atoms with van der Waals surface area (Å²) in [5.74, 6) is -0.668. The number of aryl methyl sites for hydroxylation is 1. The maximum absolute atomic E-state index is 12.9. The fourth-order valence-corrected chi connectivity index (χ4v) is 1.85. The Kier molecular flexibility index (Phi) is 3.38. The van der Waals surface area contributed by atoms with E-state index in [1.165, 1.54) is 43.6 Å². The van der Waals surface area contributed by atoms with Gasteiger partial charge in [-0.1, -0.05) is 12.1 Å². The SMILES string of the molecule is Cc1cccc(C(F)(F)F)c1C(=O)c1cccnc1. The third-order valence-corrected chi connectivity index (χ3v) is 2.73. The Morgan fingerprint density at radius 1 is 1.16 bits per heavy atom. The van der Waals surface area contributed by atoms with Gasteiger partial charge in [0.15, 0.2) is 5.78 Å². The van der Waals surface area contributed by atoms with Crippen molar-refractivity contribution in [3.05, 3.63) is 65.0 Å². The van der Waals surface area contributed by atoms with Crippen molar-refractivity contribution in [1.29, 1.82) is 0 Å². The van der Waals surface area contributed by atoms with E-state index in [4.69, 9.17) is 0 Å². The van der Waals surface area contributed by atoms with Gasteiger partial charge < -0.3 is 0 Å². The lowest BCUT2D eigenvalue weighted by atomic mass is 9.94. The van der Waals surface area contributed by atoms with Crippen LogP contribution >= 0.6 is 0 Å². The molecule has 0 amide bonds. The minimum atomic E-state index is -4.56. The number of pyridine rings is 1. The summed E-state index contributed by atoms with van der Waals surface area (Å²) in [5, 5.41) is 0. The standard InChI is InChI=1S/C14H10F3NO/c1-9-4-2-6-11(14(15,16)17)12(9)13(19)10-5-3-7-18-8-10/h2-8H,1H3. The Labute approximate surface area is 107 Å². The molecule has 0 N–H and O–H groups in total. The van der Waals surface area contributed by atoms with Crippen LogP contribution in [0.3, 0.4) is 0 Å². The molecule has 1 aromatic heterocycles. The van der Waals surface area contributed by atoms with E-state index in [0.717, 1.165) is 6.07 Å². The predicted octanol–water partition coefficient (Wildman–Crippen LogP) is 3.64. The molecule has 0 spiro atoms. The van der Waals surface area contributed by atoms with Crippen molar-refractivity contribution < 1.29 is 18.0 Å². The van der Waals surface area contributed by atoms with E-state index < -0.39 is 17.5 Å². The quantitative estimate of drug-likeness (QED) is 0.776. The summed E-state index contributed by atoms with van der Waals surface area (Å²) >= 11 is 0. The zero-order valence-corrected chi connectivity index (χ0v) is 10.0. The predicted molar refractivity (Wildman–Crippen MR) is 63.9 cm³/mol. The van der Waals surface area contributed by atoms with E-state index in [1.54, 1.807) is 0 Å². The van der Waals surface area contributed by atoms with E-state index in [0.29, 0.717) is 5.56 Å². The molecule has 2 rings (SSSR count). The normalized spacial score (nSPS) is 11.4. The highest BCUT2D eigenvalue weighted by Gasteiger charge is 2.35. The van der Waals surface area contributed by atoms with Crippen molar-refractivity contribution in [3.8, 4) is 0 Å². The number of hydrogen-bond acceptors (Lipinski definition) is 2. The van der Waals surface area contributed by atoms with E-state index >= 15 is 0 Å². The van der Waals surface area contributed by atoms with Gasteiger partial charge in [-0.2, -0.15) is 13.2 Å². The Morgan fingerprint density at radius 2 is 1.89 bits per heavy atom. The first-order valence-electron chi connectivity index (χ1n) is 5.53. The van der Waals surface area contributed by atoms with Crippen LogP contribution in [-0.4, -0.2) is 10.8 Å². The van der Waals surface area contributed by atoms with Gasteiger partial charge in [0.2, 0.25) is 0 Å². The Morgan fingerprint density at radius 3 is 2.47 bits per heavy atom. The number of aromatic nitrogens is 1. The highest BCUT2D eigenvalue weighted by molar-refractivity contribution is 6.10. The van der Waals surface area contributed by atoms with Crippen molar-refractivity contribution in [2.45, 2.75) is 13.1 Å². The highest BCUT2D eigenvalue weighted by Crippen LogP contribution is 2.34. The van der Waals surface area contributed by atoms with E-state index in [1.807, 2.05) is 0 Å². The maximum atomic E-state index is 12.9. The molecule has 98 valence electrons. The number of benzene rings is 1.